The second-order valence-electron chi connectivity index (χ2n) is 2.99. The number of nitrogens with zero attached hydrogens (tertiary/aromatic N) is 2. The Labute approximate surface area is 90.9 Å². The van der Waals surface area contributed by atoms with E-state index < -0.39 is 0 Å². The van der Waals surface area contributed by atoms with E-state index in [1.807, 2.05) is 0 Å². The van der Waals surface area contributed by atoms with E-state index in [0.717, 1.165) is 4.47 Å². The number of aliphatic hydroxyl groups excluding tert-OH is 1. The number of aliphatic hydroxyl groups is 1. The lowest BCUT2D eigenvalue weighted by Gasteiger charge is -2.08. The highest BCUT2D eigenvalue weighted by Crippen LogP contribution is 2.18. The van der Waals surface area contributed by atoms with Gasteiger partial charge in [0, 0.05) is 12.7 Å². The number of nitrogens with two attached hydrogens (primary N) is 1. The molecule has 0 aliphatic rings. The molecular formula is C8H13BrN4O. The second kappa shape index (κ2) is 5.11. The molecule has 14 heavy (non-hydrogen) atoms. The summed E-state index contributed by atoms with van der Waals surface area (Å²) in [4.78, 5) is 7.81. The molecule has 0 saturated carbocycles. The standard InChI is InChI=1S/C8H13BrN4O/c1-5(14)2-3-11-7-6(9)4-12-8(10)13-7/h4-5,14H,2-3H2,1H3,(H3,10,11,12,13). The number of hydrogen-bond acceptors (Lipinski definition) is 5. The third-order valence-electron chi connectivity index (χ3n) is 1.62. The van der Waals surface area contributed by atoms with Gasteiger partial charge in [0.25, 0.3) is 0 Å². The van der Waals surface area contributed by atoms with Crippen LogP contribution < -0.4 is 11.1 Å². The first kappa shape index (κ1) is 11.2. The van der Waals surface area contributed by atoms with E-state index in [1.54, 1.807) is 13.1 Å². The zero-order chi connectivity index (χ0) is 10.6. The van der Waals surface area contributed by atoms with Gasteiger partial charge >= 0.3 is 0 Å². The first-order valence-electron chi connectivity index (χ1n) is 4.29. The predicted molar refractivity (Wildman–Crippen MR) is 58.9 cm³/mol. The molecule has 6 heteroatoms. The highest BCUT2D eigenvalue weighted by Gasteiger charge is 2.02. The second-order valence-corrected chi connectivity index (χ2v) is 3.84. The Morgan fingerprint density at radius 2 is 2.43 bits per heavy atom. The fraction of sp³-hybridized carbons (Fsp3) is 0.500. The number of hydrogen-bond donors (Lipinski definition) is 3. The topological polar surface area (TPSA) is 84.1 Å². The molecule has 78 valence electrons. The van der Waals surface area contributed by atoms with Gasteiger partial charge in [-0.2, -0.15) is 4.98 Å². The molecule has 5 nitrogen and oxygen atoms in total. The van der Waals surface area contributed by atoms with E-state index in [0.29, 0.717) is 18.8 Å². The fourth-order valence-electron chi connectivity index (χ4n) is 0.904. The van der Waals surface area contributed by atoms with Crippen molar-refractivity contribution in [3.63, 3.8) is 0 Å². The number of nitrogen functional groups attached to an aromatic ring is 1. The third kappa shape index (κ3) is 3.47. The molecule has 1 heterocycles. The summed E-state index contributed by atoms with van der Waals surface area (Å²) in [5.41, 5.74) is 5.43. The molecule has 0 bridgehead atoms. The molecule has 0 aliphatic carbocycles. The summed E-state index contributed by atoms with van der Waals surface area (Å²) in [7, 11) is 0. The Kier molecular flexibility index (Phi) is 4.09. The Balaban J connectivity index is 2.53. The molecule has 1 rings (SSSR count). The molecule has 0 fully saturated rings. The summed E-state index contributed by atoms with van der Waals surface area (Å²) in [5.74, 6) is 0.880. The van der Waals surface area contributed by atoms with Crippen molar-refractivity contribution < 1.29 is 5.11 Å². The molecule has 1 unspecified atom stereocenters. The van der Waals surface area contributed by atoms with Crippen LogP contribution in [-0.2, 0) is 0 Å². The molecular weight excluding hydrogens is 248 g/mol. The van der Waals surface area contributed by atoms with E-state index in [9.17, 15) is 0 Å². The molecule has 4 N–H and O–H groups in total. The highest BCUT2D eigenvalue weighted by atomic mass is 79.9. The van der Waals surface area contributed by atoms with Gasteiger partial charge in [-0.05, 0) is 29.3 Å². The molecule has 0 spiro atoms. The average molecular weight is 261 g/mol. The predicted octanol–water partition coefficient (Wildman–Crippen LogP) is 1.00. The SMILES string of the molecule is CC(O)CCNc1nc(N)ncc1Br. The van der Waals surface area contributed by atoms with Gasteiger partial charge in [0.2, 0.25) is 5.95 Å². The summed E-state index contributed by atoms with van der Waals surface area (Å²) in [6.07, 6.45) is 1.93. The molecule has 0 saturated heterocycles. The summed E-state index contributed by atoms with van der Waals surface area (Å²) in [5, 5.41) is 12.1. The van der Waals surface area contributed by atoms with Crippen LogP contribution >= 0.6 is 15.9 Å². The largest absolute Gasteiger partial charge is 0.393 e. The lowest BCUT2D eigenvalue weighted by molar-refractivity contribution is 0.188. The molecule has 1 aromatic rings. The van der Waals surface area contributed by atoms with Crippen molar-refractivity contribution in [1.82, 2.24) is 9.97 Å². The first-order valence-corrected chi connectivity index (χ1v) is 5.09. The lowest BCUT2D eigenvalue weighted by atomic mass is 10.3. The van der Waals surface area contributed by atoms with Gasteiger partial charge in [0.15, 0.2) is 0 Å². The van der Waals surface area contributed by atoms with Gasteiger partial charge in [0.1, 0.15) is 5.82 Å². The Morgan fingerprint density at radius 1 is 1.71 bits per heavy atom. The van der Waals surface area contributed by atoms with Crippen LogP contribution in [0, 0.1) is 0 Å². The fourth-order valence-corrected chi connectivity index (χ4v) is 1.24. The highest BCUT2D eigenvalue weighted by molar-refractivity contribution is 9.10. The molecule has 0 radical (unpaired) electrons. The summed E-state index contributed by atoms with van der Waals surface area (Å²) >= 11 is 3.29. The lowest BCUT2D eigenvalue weighted by Crippen LogP contribution is -2.11. The Morgan fingerprint density at radius 3 is 3.07 bits per heavy atom. The van der Waals surface area contributed by atoms with E-state index in [-0.39, 0.29) is 12.1 Å². The number of nitrogens with one attached hydrogen (secondary N) is 1. The van der Waals surface area contributed by atoms with Gasteiger partial charge < -0.3 is 16.2 Å². The van der Waals surface area contributed by atoms with Gasteiger partial charge in [-0.25, -0.2) is 4.98 Å². The van der Waals surface area contributed by atoms with Crippen LogP contribution in [0.2, 0.25) is 0 Å². The number of halogens is 1. The van der Waals surface area contributed by atoms with Crippen LogP contribution in [0.3, 0.4) is 0 Å². The van der Waals surface area contributed by atoms with Crippen LogP contribution in [0.1, 0.15) is 13.3 Å². The Hall–Kier alpha value is -0.880. The third-order valence-corrected chi connectivity index (χ3v) is 2.20. The molecule has 1 aromatic heterocycles. The maximum Gasteiger partial charge on any atom is 0.221 e. The van der Waals surface area contributed by atoms with Crippen LogP contribution in [0.25, 0.3) is 0 Å². The van der Waals surface area contributed by atoms with E-state index in [1.165, 1.54) is 0 Å². The van der Waals surface area contributed by atoms with Crippen molar-refractivity contribution in [1.29, 1.82) is 0 Å². The van der Waals surface area contributed by atoms with E-state index in [4.69, 9.17) is 10.8 Å². The van der Waals surface area contributed by atoms with Crippen molar-refractivity contribution in [2.75, 3.05) is 17.6 Å². The van der Waals surface area contributed by atoms with Crippen molar-refractivity contribution in [3.05, 3.63) is 10.7 Å². The Bertz CT molecular complexity index is 305. The van der Waals surface area contributed by atoms with Gasteiger partial charge in [-0.3, -0.25) is 0 Å². The minimum absolute atomic E-state index is 0.229. The van der Waals surface area contributed by atoms with Crippen LogP contribution in [0.4, 0.5) is 11.8 Å². The van der Waals surface area contributed by atoms with Crippen LogP contribution in [0.15, 0.2) is 10.7 Å². The minimum Gasteiger partial charge on any atom is -0.393 e. The van der Waals surface area contributed by atoms with E-state index in [2.05, 4.69) is 31.2 Å². The maximum absolute atomic E-state index is 9.05. The molecule has 0 amide bonds. The zero-order valence-corrected chi connectivity index (χ0v) is 9.45. The molecule has 0 aromatic carbocycles. The molecule has 1 atom stereocenters. The number of anilines is 2. The zero-order valence-electron chi connectivity index (χ0n) is 7.87. The van der Waals surface area contributed by atoms with Crippen molar-refractivity contribution >= 4 is 27.7 Å². The normalized spacial score (nSPS) is 12.5. The number of aromatic nitrogens is 2. The number of rotatable bonds is 4. The summed E-state index contributed by atoms with van der Waals surface area (Å²) in [6.45, 7) is 2.39. The van der Waals surface area contributed by atoms with E-state index >= 15 is 0 Å². The van der Waals surface area contributed by atoms with Gasteiger partial charge in [0.05, 0.1) is 10.6 Å². The maximum atomic E-state index is 9.05. The quantitative estimate of drug-likeness (QED) is 0.753. The minimum atomic E-state index is -0.319. The van der Waals surface area contributed by atoms with Crippen molar-refractivity contribution in [2.24, 2.45) is 0 Å². The van der Waals surface area contributed by atoms with Crippen molar-refractivity contribution in [3.8, 4) is 0 Å². The average Bonchev–Trinajstić information content (AvgIpc) is 2.10. The van der Waals surface area contributed by atoms with Crippen LogP contribution in [-0.4, -0.2) is 27.7 Å². The summed E-state index contributed by atoms with van der Waals surface area (Å²) < 4.78 is 0.761. The summed E-state index contributed by atoms with van der Waals surface area (Å²) in [6, 6.07) is 0. The smallest absolute Gasteiger partial charge is 0.221 e. The van der Waals surface area contributed by atoms with Crippen molar-refractivity contribution in [2.45, 2.75) is 19.4 Å². The van der Waals surface area contributed by atoms with Crippen LogP contribution in [0.5, 0.6) is 0 Å². The first-order chi connectivity index (χ1) is 6.59. The monoisotopic (exact) mass is 260 g/mol. The molecule has 0 aliphatic heterocycles. The van der Waals surface area contributed by atoms with Gasteiger partial charge in [-0.15, -0.1) is 0 Å². The van der Waals surface area contributed by atoms with Gasteiger partial charge in [-0.1, -0.05) is 0 Å².